The van der Waals surface area contributed by atoms with E-state index in [0.29, 0.717) is 16.7 Å². The van der Waals surface area contributed by atoms with Crippen molar-refractivity contribution in [3.8, 4) is 0 Å². The number of para-hydroxylation sites is 1. The Morgan fingerprint density at radius 3 is 2.77 bits per heavy atom. The average molecular weight is 369 g/mol. The molecule has 2 aromatic rings. The zero-order valence-electron chi connectivity index (χ0n) is 13.9. The molecule has 0 bridgehead atoms. The molecule has 0 unspecified atom stereocenters. The van der Waals surface area contributed by atoms with Crippen molar-refractivity contribution in [3.05, 3.63) is 59.1 Å². The molecule has 0 aliphatic carbocycles. The molecule has 7 heteroatoms. The number of halogens is 1. The number of hydrogen-bond donors (Lipinski definition) is 2. The lowest BCUT2D eigenvalue weighted by molar-refractivity contribution is -0.124. The minimum absolute atomic E-state index is 0.0262. The highest BCUT2D eigenvalue weighted by atomic mass is 35.5. The number of carbonyl (C=O) groups excluding carboxylic acids is 2. The van der Waals surface area contributed by atoms with Crippen LogP contribution in [0.3, 0.4) is 0 Å². The van der Waals surface area contributed by atoms with Crippen molar-refractivity contribution in [1.82, 2.24) is 5.32 Å². The van der Waals surface area contributed by atoms with Crippen molar-refractivity contribution < 1.29 is 9.59 Å². The lowest BCUT2D eigenvalue weighted by atomic mass is 10.1. The summed E-state index contributed by atoms with van der Waals surface area (Å²) in [4.78, 5) is 31.1. The van der Waals surface area contributed by atoms with E-state index < -0.39 is 6.04 Å². The van der Waals surface area contributed by atoms with Crippen LogP contribution in [-0.4, -0.2) is 30.4 Å². The molecule has 0 saturated heterocycles. The molecule has 2 aliphatic rings. The normalized spacial score (nSPS) is 18.8. The highest BCUT2D eigenvalue weighted by Crippen LogP contribution is 2.28. The largest absolute Gasteiger partial charge is 0.324 e. The second-order valence-corrected chi connectivity index (χ2v) is 6.68. The quantitative estimate of drug-likeness (QED) is 0.855. The SMILES string of the molecule is O=C1C[C@H](C(=O)Nc2ccc(Cl)cc2)N=C(N2CCc3ccccc32)N1. The number of nitrogens with zero attached hydrogens (tertiary/aromatic N) is 2. The van der Waals surface area contributed by atoms with Crippen molar-refractivity contribution in [1.29, 1.82) is 0 Å². The number of amides is 2. The number of anilines is 2. The van der Waals surface area contributed by atoms with Crippen LogP contribution < -0.4 is 15.5 Å². The summed E-state index contributed by atoms with van der Waals surface area (Å²) in [6, 6.07) is 14.1. The van der Waals surface area contributed by atoms with Gasteiger partial charge in [0.15, 0.2) is 0 Å². The Hall–Kier alpha value is -2.86. The molecule has 2 amide bonds. The molecule has 0 aromatic heterocycles. The fraction of sp³-hybridized carbons (Fsp3) is 0.211. The van der Waals surface area contributed by atoms with E-state index in [1.807, 2.05) is 23.1 Å². The zero-order valence-corrected chi connectivity index (χ0v) is 14.7. The number of guanidine groups is 1. The Kier molecular flexibility index (Phi) is 4.34. The van der Waals surface area contributed by atoms with Crippen molar-refractivity contribution in [3.63, 3.8) is 0 Å². The summed E-state index contributed by atoms with van der Waals surface area (Å²) in [5.74, 6) is -0.0924. The summed E-state index contributed by atoms with van der Waals surface area (Å²) in [5.41, 5.74) is 2.84. The number of aliphatic imine (C=N–C) groups is 1. The van der Waals surface area contributed by atoms with Gasteiger partial charge in [0.1, 0.15) is 6.04 Å². The van der Waals surface area contributed by atoms with Crippen LogP contribution in [0.1, 0.15) is 12.0 Å². The topological polar surface area (TPSA) is 73.8 Å². The standard InChI is InChI=1S/C19H17ClN4O2/c20-13-5-7-14(8-6-13)21-18(26)15-11-17(25)23-19(22-15)24-10-9-12-3-1-2-4-16(12)24/h1-8,15H,9-11H2,(H,21,26)(H,22,23,25)/t15-/m1/s1. The first-order valence-corrected chi connectivity index (χ1v) is 8.77. The molecule has 0 saturated carbocycles. The molecular weight excluding hydrogens is 352 g/mol. The lowest BCUT2D eigenvalue weighted by Gasteiger charge is -2.27. The van der Waals surface area contributed by atoms with Gasteiger partial charge >= 0.3 is 0 Å². The Labute approximate surface area is 155 Å². The predicted octanol–water partition coefficient (Wildman–Crippen LogP) is 2.59. The molecular formula is C19H17ClN4O2. The second-order valence-electron chi connectivity index (χ2n) is 6.25. The van der Waals surface area contributed by atoms with Crippen LogP contribution >= 0.6 is 11.6 Å². The maximum Gasteiger partial charge on any atom is 0.249 e. The summed E-state index contributed by atoms with van der Waals surface area (Å²) >= 11 is 5.86. The van der Waals surface area contributed by atoms with Gasteiger partial charge in [0.25, 0.3) is 0 Å². The van der Waals surface area contributed by atoms with Crippen molar-refractivity contribution >= 4 is 40.7 Å². The monoisotopic (exact) mass is 368 g/mol. The fourth-order valence-corrected chi connectivity index (χ4v) is 3.31. The molecule has 0 radical (unpaired) electrons. The predicted molar refractivity (Wildman–Crippen MR) is 102 cm³/mol. The van der Waals surface area contributed by atoms with Gasteiger partial charge in [0, 0.05) is 22.9 Å². The Balaban J connectivity index is 1.55. The molecule has 6 nitrogen and oxygen atoms in total. The first kappa shape index (κ1) is 16.6. The van der Waals surface area contributed by atoms with Crippen LogP contribution in [-0.2, 0) is 16.0 Å². The van der Waals surface area contributed by atoms with Crippen molar-refractivity contribution in [2.75, 3.05) is 16.8 Å². The first-order chi connectivity index (χ1) is 12.6. The summed E-state index contributed by atoms with van der Waals surface area (Å²) in [7, 11) is 0. The van der Waals surface area contributed by atoms with E-state index in [0.717, 1.165) is 18.7 Å². The summed E-state index contributed by atoms with van der Waals surface area (Å²) < 4.78 is 0. The third-order valence-electron chi connectivity index (χ3n) is 4.47. The molecule has 0 spiro atoms. The van der Waals surface area contributed by atoms with Crippen LogP contribution in [0.2, 0.25) is 5.02 Å². The zero-order chi connectivity index (χ0) is 18.1. The first-order valence-electron chi connectivity index (χ1n) is 8.40. The van der Waals surface area contributed by atoms with Gasteiger partial charge in [-0.3, -0.25) is 14.9 Å². The number of hydrogen-bond acceptors (Lipinski definition) is 4. The third-order valence-corrected chi connectivity index (χ3v) is 4.72. The minimum Gasteiger partial charge on any atom is -0.324 e. The maximum absolute atomic E-state index is 12.6. The molecule has 4 rings (SSSR count). The van der Waals surface area contributed by atoms with E-state index in [1.54, 1.807) is 24.3 Å². The molecule has 2 N–H and O–H groups in total. The Bertz CT molecular complexity index is 895. The van der Waals surface area contributed by atoms with Crippen LogP contribution in [0.4, 0.5) is 11.4 Å². The average Bonchev–Trinajstić information content (AvgIpc) is 3.07. The highest BCUT2D eigenvalue weighted by Gasteiger charge is 2.32. The number of fused-ring (bicyclic) bond motifs is 1. The van der Waals surface area contributed by atoms with Crippen LogP contribution in [0.25, 0.3) is 0 Å². The summed E-state index contributed by atoms with van der Waals surface area (Å²) in [5, 5.41) is 6.17. The lowest BCUT2D eigenvalue weighted by Crippen LogP contribution is -2.50. The number of carbonyl (C=O) groups is 2. The molecule has 2 aliphatic heterocycles. The van der Waals surface area contributed by atoms with E-state index in [-0.39, 0.29) is 18.2 Å². The van der Waals surface area contributed by atoms with E-state index in [1.165, 1.54) is 5.56 Å². The molecule has 0 fully saturated rings. The van der Waals surface area contributed by atoms with Crippen LogP contribution in [0, 0.1) is 0 Å². The van der Waals surface area contributed by atoms with Gasteiger partial charge in [0.05, 0.1) is 6.42 Å². The fourth-order valence-electron chi connectivity index (χ4n) is 3.18. The Morgan fingerprint density at radius 2 is 1.96 bits per heavy atom. The van der Waals surface area contributed by atoms with Gasteiger partial charge in [-0.15, -0.1) is 0 Å². The smallest absolute Gasteiger partial charge is 0.249 e. The molecule has 26 heavy (non-hydrogen) atoms. The van der Waals surface area contributed by atoms with E-state index in [2.05, 4.69) is 21.7 Å². The minimum atomic E-state index is -0.762. The van der Waals surface area contributed by atoms with Gasteiger partial charge in [0.2, 0.25) is 17.8 Å². The number of rotatable bonds is 2. The summed E-state index contributed by atoms with van der Waals surface area (Å²) in [6.07, 6.45) is 0.908. The van der Waals surface area contributed by atoms with E-state index >= 15 is 0 Å². The summed E-state index contributed by atoms with van der Waals surface area (Å²) in [6.45, 7) is 0.726. The highest BCUT2D eigenvalue weighted by molar-refractivity contribution is 6.30. The van der Waals surface area contributed by atoms with Gasteiger partial charge < -0.3 is 10.2 Å². The number of nitrogens with one attached hydrogen (secondary N) is 2. The van der Waals surface area contributed by atoms with Gasteiger partial charge in [-0.25, -0.2) is 4.99 Å². The maximum atomic E-state index is 12.6. The molecule has 132 valence electrons. The van der Waals surface area contributed by atoms with E-state index in [9.17, 15) is 9.59 Å². The number of benzene rings is 2. The van der Waals surface area contributed by atoms with E-state index in [4.69, 9.17) is 11.6 Å². The third kappa shape index (κ3) is 3.28. The van der Waals surface area contributed by atoms with Crippen LogP contribution in [0.15, 0.2) is 53.5 Å². The van der Waals surface area contributed by atoms with Gasteiger partial charge in [-0.1, -0.05) is 29.8 Å². The van der Waals surface area contributed by atoms with Gasteiger partial charge in [-0.2, -0.15) is 0 Å². The molecule has 1 atom stereocenters. The molecule has 2 heterocycles. The van der Waals surface area contributed by atoms with Gasteiger partial charge in [-0.05, 0) is 42.3 Å². The van der Waals surface area contributed by atoms with Crippen molar-refractivity contribution in [2.24, 2.45) is 4.99 Å². The Morgan fingerprint density at radius 1 is 1.19 bits per heavy atom. The molecule has 2 aromatic carbocycles. The van der Waals surface area contributed by atoms with Crippen molar-refractivity contribution in [2.45, 2.75) is 18.9 Å². The van der Waals surface area contributed by atoms with Crippen LogP contribution in [0.5, 0.6) is 0 Å². The second kappa shape index (κ2) is 6.80.